The van der Waals surface area contributed by atoms with Crippen molar-refractivity contribution >= 4 is 39.5 Å². The molecule has 1 heterocycles. The Bertz CT molecular complexity index is 367. The quantitative estimate of drug-likeness (QED) is 0.671. The normalized spacial score (nSPS) is 21.6. The van der Waals surface area contributed by atoms with E-state index in [4.69, 9.17) is 0 Å². The summed E-state index contributed by atoms with van der Waals surface area (Å²) in [6.45, 7) is 3.13. The number of alkyl halides is 1. The van der Waals surface area contributed by atoms with Crippen molar-refractivity contribution in [3.05, 3.63) is 35.9 Å². The van der Waals surface area contributed by atoms with Crippen LogP contribution in [-0.4, -0.2) is 21.4 Å². The van der Waals surface area contributed by atoms with E-state index in [1.165, 1.54) is 5.56 Å². The van der Waals surface area contributed by atoms with E-state index in [9.17, 15) is 0 Å². The van der Waals surface area contributed by atoms with Crippen molar-refractivity contribution in [3.8, 4) is 0 Å². The minimum Gasteiger partial charge on any atom is -0.358 e. The van der Waals surface area contributed by atoms with E-state index in [2.05, 4.69) is 64.1 Å². The van der Waals surface area contributed by atoms with Gasteiger partial charge in [0.2, 0.25) is 0 Å². The molecular weight excluding hydrogens is 331 g/mol. The first-order chi connectivity index (χ1) is 7.79. The van der Waals surface area contributed by atoms with Crippen LogP contribution >= 0.6 is 34.4 Å². The Morgan fingerprint density at radius 3 is 2.88 bits per heavy atom. The third-order valence-electron chi connectivity index (χ3n) is 2.53. The number of halogens is 1. The van der Waals surface area contributed by atoms with Gasteiger partial charge < -0.3 is 5.32 Å². The maximum absolute atomic E-state index is 4.52. The van der Waals surface area contributed by atoms with Crippen molar-refractivity contribution in [2.24, 2.45) is 4.99 Å². The van der Waals surface area contributed by atoms with Gasteiger partial charge in [-0.3, -0.25) is 4.99 Å². The molecule has 0 spiro atoms. The second-order valence-corrected chi connectivity index (χ2v) is 5.99. The largest absolute Gasteiger partial charge is 0.358 e. The molecule has 1 aliphatic heterocycles. The first-order valence-corrected chi connectivity index (χ1v) is 7.78. The molecule has 4 heteroatoms. The molecule has 2 rings (SSSR count). The maximum atomic E-state index is 4.52. The van der Waals surface area contributed by atoms with Crippen LogP contribution in [-0.2, 0) is 0 Å². The number of amidine groups is 1. The highest BCUT2D eigenvalue weighted by molar-refractivity contribution is 14.1. The molecule has 1 aromatic rings. The molecule has 0 fully saturated rings. The number of nitrogens with zero attached hydrogens (tertiary/aromatic N) is 1. The molecule has 0 saturated carbocycles. The molecule has 86 valence electrons. The number of aliphatic imine (C=N–C) groups is 1. The number of thioether (sulfide) groups is 1. The summed E-state index contributed by atoms with van der Waals surface area (Å²) in [4.78, 5) is 4.52. The van der Waals surface area contributed by atoms with E-state index in [-0.39, 0.29) is 0 Å². The number of hydrogen-bond acceptors (Lipinski definition) is 3. The van der Waals surface area contributed by atoms with Crippen molar-refractivity contribution in [2.75, 3.05) is 11.0 Å². The monoisotopic (exact) mass is 346 g/mol. The van der Waals surface area contributed by atoms with Gasteiger partial charge >= 0.3 is 0 Å². The van der Waals surface area contributed by atoms with Gasteiger partial charge in [0.1, 0.15) is 0 Å². The number of hydrogen-bond donors (Lipinski definition) is 1. The van der Waals surface area contributed by atoms with Crippen LogP contribution in [0.5, 0.6) is 0 Å². The molecule has 1 N–H and O–H groups in total. The third-order valence-corrected chi connectivity index (χ3v) is 5.31. The zero-order valence-corrected chi connectivity index (χ0v) is 12.2. The van der Waals surface area contributed by atoms with Crippen LogP contribution in [0.1, 0.15) is 18.5 Å². The van der Waals surface area contributed by atoms with Gasteiger partial charge in [-0.25, -0.2) is 0 Å². The Hall–Kier alpha value is -0.230. The van der Waals surface area contributed by atoms with E-state index in [1.54, 1.807) is 0 Å². The predicted molar refractivity (Wildman–Crippen MR) is 80.6 cm³/mol. The number of benzene rings is 1. The lowest BCUT2D eigenvalue weighted by atomic mass is 10.1. The minimum atomic E-state index is 0.334. The standard InChI is InChI=1S/C12H15IN2S/c1-9(10-5-3-2-4-6-10)15-12-14-8-11(7-13)16-12/h2-6,9,11H,7-8H2,1H3,(H,14,15)/t9-,11+/m1/s1. The second kappa shape index (κ2) is 5.91. The maximum Gasteiger partial charge on any atom is 0.157 e. The van der Waals surface area contributed by atoms with Crippen LogP contribution in [0.4, 0.5) is 0 Å². The highest BCUT2D eigenvalue weighted by atomic mass is 127. The molecular formula is C12H15IN2S. The first-order valence-electron chi connectivity index (χ1n) is 5.38. The molecule has 1 aromatic carbocycles. The third kappa shape index (κ3) is 3.13. The summed E-state index contributed by atoms with van der Waals surface area (Å²) in [5, 5.41) is 5.22. The summed E-state index contributed by atoms with van der Waals surface area (Å²) in [5.41, 5.74) is 1.31. The van der Waals surface area contributed by atoms with E-state index in [0.717, 1.165) is 16.1 Å². The fourth-order valence-corrected chi connectivity index (χ4v) is 3.33. The molecule has 0 radical (unpaired) electrons. The zero-order chi connectivity index (χ0) is 11.4. The topological polar surface area (TPSA) is 24.4 Å². The molecule has 16 heavy (non-hydrogen) atoms. The van der Waals surface area contributed by atoms with Crippen LogP contribution in [0.3, 0.4) is 0 Å². The molecule has 0 unspecified atom stereocenters. The highest BCUT2D eigenvalue weighted by Gasteiger charge is 2.19. The Labute approximate surface area is 114 Å². The Morgan fingerprint density at radius 1 is 1.50 bits per heavy atom. The molecule has 0 aliphatic carbocycles. The van der Waals surface area contributed by atoms with Gasteiger partial charge in [-0.2, -0.15) is 0 Å². The van der Waals surface area contributed by atoms with Crippen molar-refractivity contribution in [3.63, 3.8) is 0 Å². The number of rotatable bonds is 3. The van der Waals surface area contributed by atoms with Crippen molar-refractivity contribution in [1.82, 2.24) is 5.32 Å². The van der Waals surface area contributed by atoms with E-state index >= 15 is 0 Å². The summed E-state index contributed by atoms with van der Waals surface area (Å²) >= 11 is 4.29. The summed E-state index contributed by atoms with van der Waals surface area (Å²) < 4.78 is 1.16. The SMILES string of the molecule is C[C@@H](NC1=NC[C@H](CI)S1)c1ccccc1. The highest BCUT2D eigenvalue weighted by Crippen LogP contribution is 2.23. The van der Waals surface area contributed by atoms with Gasteiger partial charge in [0, 0.05) is 9.68 Å². The molecule has 0 saturated heterocycles. The fourth-order valence-electron chi connectivity index (χ4n) is 1.59. The van der Waals surface area contributed by atoms with Gasteiger partial charge in [-0.05, 0) is 12.5 Å². The molecule has 0 aromatic heterocycles. The summed E-state index contributed by atoms with van der Waals surface area (Å²) in [7, 11) is 0. The van der Waals surface area contributed by atoms with E-state index < -0.39 is 0 Å². The fraction of sp³-hybridized carbons (Fsp3) is 0.417. The lowest BCUT2D eigenvalue weighted by Crippen LogP contribution is -2.23. The van der Waals surface area contributed by atoms with Gasteiger partial charge in [0.15, 0.2) is 5.17 Å². The Kier molecular flexibility index (Phi) is 4.52. The summed E-state index contributed by atoms with van der Waals surface area (Å²) in [6, 6.07) is 10.8. The number of nitrogens with one attached hydrogen (secondary N) is 1. The Balaban J connectivity index is 1.91. The molecule has 0 amide bonds. The average molecular weight is 346 g/mol. The van der Waals surface area contributed by atoms with Crippen LogP contribution in [0.15, 0.2) is 35.3 Å². The molecule has 2 atom stereocenters. The predicted octanol–water partition coefficient (Wildman–Crippen LogP) is 3.24. The van der Waals surface area contributed by atoms with E-state index in [1.807, 2.05) is 17.8 Å². The first kappa shape index (κ1) is 12.2. The van der Waals surface area contributed by atoms with Gasteiger partial charge in [0.05, 0.1) is 12.6 Å². The van der Waals surface area contributed by atoms with E-state index in [0.29, 0.717) is 11.3 Å². The lowest BCUT2D eigenvalue weighted by Gasteiger charge is -2.15. The summed E-state index contributed by atoms with van der Waals surface area (Å²) in [6.07, 6.45) is 0. The van der Waals surface area contributed by atoms with Crippen molar-refractivity contribution in [2.45, 2.75) is 18.2 Å². The second-order valence-electron chi connectivity index (χ2n) is 3.82. The molecule has 0 bridgehead atoms. The summed E-state index contributed by atoms with van der Waals surface area (Å²) in [5.74, 6) is 0. The minimum absolute atomic E-state index is 0.334. The molecule has 2 nitrogen and oxygen atoms in total. The van der Waals surface area contributed by atoms with Gasteiger partial charge in [-0.15, -0.1) is 0 Å². The van der Waals surface area contributed by atoms with Gasteiger partial charge in [0.25, 0.3) is 0 Å². The van der Waals surface area contributed by atoms with Crippen LogP contribution in [0, 0.1) is 0 Å². The van der Waals surface area contributed by atoms with Gasteiger partial charge in [-0.1, -0.05) is 64.7 Å². The zero-order valence-electron chi connectivity index (χ0n) is 9.19. The lowest BCUT2D eigenvalue weighted by molar-refractivity contribution is 0.723. The van der Waals surface area contributed by atoms with Crippen molar-refractivity contribution < 1.29 is 0 Å². The Morgan fingerprint density at radius 2 is 2.25 bits per heavy atom. The van der Waals surface area contributed by atoms with Crippen LogP contribution in [0.2, 0.25) is 0 Å². The average Bonchev–Trinajstić information content (AvgIpc) is 2.78. The smallest absolute Gasteiger partial charge is 0.157 e. The molecule has 1 aliphatic rings. The van der Waals surface area contributed by atoms with Crippen molar-refractivity contribution in [1.29, 1.82) is 0 Å². The van der Waals surface area contributed by atoms with Crippen LogP contribution < -0.4 is 5.32 Å². The van der Waals surface area contributed by atoms with Crippen LogP contribution in [0.25, 0.3) is 0 Å².